The van der Waals surface area contributed by atoms with Crippen molar-refractivity contribution < 1.29 is 10.3 Å². The van der Waals surface area contributed by atoms with Crippen molar-refractivity contribution >= 4 is 17.3 Å². The minimum Gasteiger partial charge on any atom is -0.411 e. The third kappa shape index (κ3) is 2.84. The average Bonchev–Trinajstić information content (AvgIpc) is 2.38. The Morgan fingerprint density at radius 2 is 1.95 bits per heavy atom. The first-order chi connectivity index (χ1) is 9.43. The Kier molecular flexibility index (Phi) is 4.40. The van der Waals surface area contributed by atoms with Gasteiger partial charge in [0.05, 0.1) is 11.3 Å². The molecule has 0 aliphatic heterocycles. The van der Waals surface area contributed by atoms with E-state index in [2.05, 4.69) is 5.16 Å². The van der Waals surface area contributed by atoms with E-state index in [1.807, 2.05) is 31.2 Å². The van der Waals surface area contributed by atoms with Crippen molar-refractivity contribution in [2.75, 3.05) is 0 Å². The van der Waals surface area contributed by atoms with Crippen molar-refractivity contribution in [1.29, 1.82) is 0 Å². The quantitative estimate of drug-likeness (QED) is 0.487. The highest BCUT2D eigenvalue weighted by molar-refractivity contribution is 6.30. The number of hydrogen-bond acceptors (Lipinski definition) is 3. The number of oxime groups is 1. The maximum Gasteiger partial charge on any atom is 0.0704 e. The molecule has 1 saturated carbocycles. The van der Waals surface area contributed by atoms with E-state index in [4.69, 9.17) is 11.6 Å². The van der Waals surface area contributed by atoms with Gasteiger partial charge in [-0.15, -0.1) is 0 Å². The van der Waals surface area contributed by atoms with E-state index in [0.717, 1.165) is 24.8 Å². The molecule has 1 unspecified atom stereocenters. The molecule has 0 spiro atoms. The predicted octanol–water partition coefficient (Wildman–Crippen LogP) is 4.14. The fourth-order valence-electron chi connectivity index (χ4n) is 2.83. The molecule has 2 N–H and O–H groups in total. The van der Waals surface area contributed by atoms with E-state index in [1.54, 1.807) is 6.92 Å². The Bertz CT molecular complexity index is 490. The Morgan fingerprint density at radius 1 is 1.35 bits per heavy atom. The monoisotopic (exact) mass is 295 g/mol. The summed E-state index contributed by atoms with van der Waals surface area (Å²) < 4.78 is 0. The lowest BCUT2D eigenvalue weighted by Crippen LogP contribution is -2.45. The molecule has 0 amide bonds. The van der Waals surface area contributed by atoms with Crippen LogP contribution in [0.2, 0.25) is 5.02 Å². The van der Waals surface area contributed by atoms with Crippen LogP contribution in [0.4, 0.5) is 0 Å². The molecule has 4 heteroatoms. The molecule has 20 heavy (non-hydrogen) atoms. The molecular formula is C16H22ClNO2. The molecular weight excluding hydrogens is 274 g/mol. The van der Waals surface area contributed by atoms with E-state index >= 15 is 0 Å². The van der Waals surface area contributed by atoms with Gasteiger partial charge < -0.3 is 10.3 Å². The molecule has 0 bridgehead atoms. The highest BCUT2D eigenvalue weighted by Crippen LogP contribution is 2.47. The SMILES string of the molecule is CCC(C)(O)C/C(=N/O)C1(c2ccc(Cl)cc2)CCC1. The first-order valence-electron chi connectivity index (χ1n) is 7.13. The highest BCUT2D eigenvalue weighted by Gasteiger charge is 2.45. The van der Waals surface area contributed by atoms with Gasteiger partial charge in [-0.2, -0.15) is 0 Å². The van der Waals surface area contributed by atoms with Crippen LogP contribution in [0.15, 0.2) is 29.4 Å². The van der Waals surface area contributed by atoms with Crippen LogP contribution in [0.25, 0.3) is 0 Å². The molecule has 0 saturated heterocycles. The lowest BCUT2D eigenvalue weighted by molar-refractivity contribution is 0.0600. The van der Waals surface area contributed by atoms with Crippen LogP contribution in [0.5, 0.6) is 0 Å². The van der Waals surface area contributed by atoms with Gasteiger partial charge in [0.25, 0.3) is 0 Å². The maximum absolute atomic E-state index is 10.3. The van der Waals surface area contributed by atoms with E-state index in [-0.39, 0.29) is 5.41 Å². The third-order valence-corrected chi connectivity index (χ3v) is 4.84. The second-order valence-corrected chi connectivity index (χ2v) is 6.45. The Morgan fingerprint density at radius 3 is 2.35 bits per heavy atom. The van der Waals surface area contributed by atoms with Gasteiger partial charge in [-0.3, -0.25) is 0 Å². The van der Waals surface area contributed by atoms with Crippen molar-refractivity contribution in [2.24, 2.45) is 5.16 Å². The van der Waals surface area contributed by atoms with Gasteiger partial charge in [-0.05, 0) is 43.9 Å². The van der Waals surface area contributed by atoms with Crippen LogP contribution in [-0.2, 0) is 5.41 Å². The average molecular weight is 296 g/mol. The zero-order chi connectivity index (χ0) is 14.8. The van der Waals surface area contributed by atoms with Gasteiger partial charge in [-0.1, -0.05) is 42.2 Å². The summed E-state index contributed by atoms with van der Waals surface area (Å²) in [4.78, 5) is 0. The predicted molar refractivity (Wildman–Crippen MR) is 81.7 cm³/mol. The summed E-state index contributed by atoms with van der Waals surface area (Å²) in [5.41, 5.74) is 0.723. The number of nitrogens with zero attached hydrogens (tertiary/aromatic N) is 1. The molecule has 0 aromatic heterocycles. The minimum absolute atomic E-state index is 0.238. The molecule has 3 nitrogen and oxygen atoms in total. The molecule has 1 atom stereocenters. The Labute approximate surface area is 125 Å². The van der Waals surface area contributed by atoms with Crippen molar-refractivity contribution in [1.82, 2.24) is 0 Å². The molecule has 1 aromatic carbocycles. The van der Waals surface area contributed by atoms with Gasteiger partial charge in [0.15, 0.2) is 0 Å². The molecule has 0 radical (unpaired) electrons. The standard InChI is InChI=1S/C16H22ClNO2/c1-3-15(2,19)11-14(18-20)16(9-4-10-16)12-5-7-13(17)8-6-12/h5-8,19-20H,3-4,9-11H2,1-2H3/b18-14-. The van der Waals surface area contributed by atoms with Crippen LogP contribution in [0, 0.1) is 0 Å². The van der Waals surface area contributed by atoms with Crippen LogP contribution < -0.4 is 0 Å². The second-order valence-electron chi connectivity index (χ2n) is 6.02. The van der Waals surface area contributed by atoms with E-state index in [0.29, 0.717) is 23.6 Å². The van der Waals surface area contributed by atoms with Gasteiger partial charge in [0.1, 0.15) is 0 Å². The number of aliphatic hydroxyl groups is 1. The summed E-state index contributed by atoms with van der Waals surface area (Å²) in [6.45, 7) is 3.72. The van der Waals surface area contributed by atoms with Crippen molar-refractivity contribution in [3.8, 4) is 0 Å². The fraction of sp³-hybridized carbons (Fsp3) is 0.562. The largest absolute Gasteiger partial charge is 0.411 e. The molecule has 0 heterocycles. The maximum atomic E-state index is 10.3. The molecule has 1 aliphatic carbocycles. The molecule has 1 aromatic rings. The first kappa shape index (κ1) is 15.3. The van der Waals surface area contributed by atoms with Crippen molar-refractivity contribution in [3.63, 3.8) is 0 Å². The van der Waals surface area contributed by atoms with Gasteiger partial charge in [0.2, 0.25) is 0 Å². The van der Waals surface area contributed by atoms with Gasteiger partial charge in [-0.25, -0.2) is 0 Å². The smallest absolute Gasteiger partial charge is 0.0704 e. The lowest BCUT2D eigenvalue weighted by atomic mass is 9.60. The summed E-state index contributed by atoms with van der Waals surface area (Å²) in [5, 5.41) is 24.0. The number of halogens is 1. The summed E-state index contributed by atoms with van der Waals surface area (Å²) in [5.74, 6) is 0. The summed E-state index contributed by atoms with van der Waals surface area (Å²) in [7, 11) is 0. The number of benzene rings is 1. The topological polar surface area (TPSA) is 52.8 Å². The van der Waals surface area contributed by atoms with Crippen LogP contribution in [0.3, 0.4) is 0 Å². The number of hydrogen-bond donors (Lipinski definition) is 2. The first-order valence-corrected chi connectivity index (χ1v) is 7.51. The summed E-state index contributed by atoms with van der Waals surface area (Å²) >= 11 is 5.95. The third-order valence-electron chi connectivity index (χ3n) is 4.59. The van der Waals surface area contributed by atoms with E-state index < -0.39 is 5.60 Å². The zero-order valence-electron chi connectivity index (χ0n) is 12.1. The van der Waals surface area contributed by atoms with Crippen LogP contribution >= 0.6 is 11.6 Å². The Hall–Kier alpha value is -1.06. The summed E-state index contributed by atoms with van der Waals surface area (Å²) in [6.07, 6.45) is 4.03. The van der Waals surface area contributed by atoms with Gasteiger partial charge >= 0.3 is 0 Å². The number of rotatable bonds is 5. The molecule has 1 aliphatic rings. The molecule has 1 fully saturated rings. The normalized spacial score (nSPS) is 21.1. The lowest BCUT2D eigenvalue weighted by Gasteiger charge is -2.44. The van der Waals surface area contributed by atoms with E-state index in [1.165, 1.54) is 0 Å². The highest BCUT2D eigenvalue weighted by atomic mass is 35.5. The van der Waals surface area contributed by atoms with Crippen LogP contribution in [0.1, 0.15) is 51.5 Å². The fourth-order valence-corrected chi connectivity index (χ4v) is 2.96. The van der Waals surface area contributed by atoms with Crippen molar-refractivity contribution in [3.05, 3.63) is 34.9 Å². The van der Waals surface area contributed by atoms with Gasteiger partial charge in [0, 0.05) is 16.9 Å². The second kappa shape index (κ2) is 5.74. The summed E-state index contributed by atoms with van der Waals surface area (Å²) in [6, 6.07) is 7.72. The Balaban J connectivity index is 2.32. The molecule has 110 valence electrons. The zero-order valence-corrected chi connectivity index (χ0v) is 12.8. The van der Waals surface area contributed by atoms with Crippen molar-refractivity contribution in [2.45, 2.75) is 57.0 Å². The minimum atomic E-state index is -0.837. The molecule has 2 rings (SSSR count). The van der Waals surface area contributed by atoms with Crippen LogP contribution in [-0.4, -0.2) is 21.6 Å². The van der Waals surface area contributed by atoms with E-state index in [9.17, 15) is 10.3 Å².